The highest BCUT2D eigenvalue weighted by atomic mass is 15.3. The van der Waals surface area contributed by atoms with E-state index in [-0.39, 0.29) is 0 Å². The first kappa shape index (κ1) is 10.9. The van der Waals surface area contributed by atoms with Gasteiger partial charge in [0.1, 0.15) is 0 Å². The Balaban J connectivity index is 1.35. The van der Waals surface area contributed by atoms with Crippen molar-refractivity contribution in [2.45, 2.75) is 25.4 Å². The number of hydrogen-bond donors (Lipinski definition) is 0. The molecule has 4 heteroatoms. The molecule has 96 valence electrons. The van der Waals surface area contributed by atoms with Crippen LogP contribution in [0.15, 0.2) is 18.6 Å². The van der Waals surface area contributed by atoms with Gasteiger partial charge in [0.2, 0.25) is 0 Å². The van der Waals surface area contributed by atoms with Gasteiger partial charge in [-0.2, -0.15) is 0 Å². The van der Waals surface area contributed by atoms with Crippen molar-refractivity contribution in [1.82, 2.24) is 19.8 Å². The molecule has 3 heterocycles. The zero-order chi connectivity index (χ0) is 11.9. The second kappa shape index (κ2) is 4.28. The van der Waals surface area contributed by atoms with Gasteiger partial charge in [0.15, 0.2) is 0 Å². The molecule has 1 aromatic heterocycles. The Hall–Kier alpha value is -1.00. The third kappa shape index (κ3) is 2.04. The molecule has 4 rings (SSSR count). The lowest BCUT2D eigenvalue weighted by Crippen LogP contribution is -2.30. The predicted molar refractivity (Wildman–Crippen MR) is 68.9 cm³/mol. The van der Waals surface area contributed by atoms with Crippen molar-refractivity contribution < 1.29 is 0 Å². The summed E-state index contributed by atoms with van der Waals surface area (Å²) in [4.78, 5) is 13.8. The molecule has 18 heavy (non-hydrogen) atoms. The molecule has 1 saturated carbocycles. The molecule has 0 spiro atoms. The molecule has 1 aliphatic carbocycles. The van der Waals surface area contributed by atoms with E-state index in [0.717, 1.165) is 30.1 Å². The van der Waals surface area contributed by atoms with Crippen LogP contribution in [0, 0.1) is 11.8 Å². The summed E-state index contributed by atoms with van der Waals surface area (Å²) in [6, 6.07) is 0.948. The Kier molecular flexibility index (Phi) is 2.59. The second-order valence-electron chi connectivity index (χ2n) is 6.10. The average molecular weight is 244 g/mol. The smallest absolute Gasteiger partial charge is 0.0726 e. The molecule has 2 aliphatic heterocycles. The van der Waals surface area contributed by atoms with E-state index in [0.29, 0.717) is 0 Å². The minimum atomic E-state index is 0.905. The van der Waals surface area contributed by atoms with E-state index in [4.69, 9.17) is 0 Å². The molecule has 2 unspecified atom stereocenters. The van der Waals surface area contributed by atoms with Gasteiger partial charge in [-0.05, 0) is 24.7 Å². The first-order valence-electron chi connectivity index (χ1n) is 7.10. The maximum atomic E-state index is 4.37. The lowest BCUT2D eigenvalue weighted by molar-refractivity contribution is 0.244. The fourth-order valence-corrected chi connectivity index (χ4v) is 3.63. The Morgan fingerprint density at radius 3 is 2.44 bits per heavy atom. The number of hydrogen-bond acceptors (Lipinski definition) is 4. The summed E-state index contributed by atoms with van der Waals surface area (Å²) < 4.78 is 0. The van der Waals surface area contributed by atoms with Crippen LogP contribution in [-0.2, 0) is 6.54 Å². The highest BCUT2D eigenvalue weighted by Crippen LogP contribution is 2.37. The fourth-order valence-electron chi connectivity index (χ4n) is 3.63. The molecular weight excluding hydrogens is 224 g/mol. The molecule has 0 bridgehead atoms. The lowest BCUT2D eigenvalue weighted by atomic mass is 10.0. The molecule has 0 radical (unpaired) electrons. The van der Waals surface area contributed by atoms with E-state index in [1.165, 1.54) is 39.0 Å². The van der Waals surface area contributed by atoms with Crippen LogP contribution in [-0.4, -0.2) is 52.0 Å². The number of aromatic nitrogens is 2. The van der Waals surface area contributed by atoms with E-state index in [1.807, 2.05) is 6.20 Å². The Morgan fingerprint density at radius 2 is 1.83 bits per heavy atom. The molecule has 3 fully saturated rings. The molecule has 0 amide bonds. The van der Waals surface area contributed by atoms with Crippen LogP contribution >= 0.6 is 0 Å². The van der Waals surface area contributed by atoms with Gasteiger partial charge in [-0.25, -0.2) is 0 Å². The lowest BCUT2D eigenvalue weighted by Gasteiger charge is -2.20. The summed E-state index contributed by atoms with van der Waals surface area (Å²) in [5, 5.41) is 0. The maximum absolute atomic E-state index is 4.37. The van der Waals surface area contributed by atoms with E-state index < -0.39 is 0 Å². The Bertz CT molecular complexity index is 403. The quantitative estimate of drug-likeness (QED) is 0.794. The van der Waals surface area contributed by atoms with Crippen LogP contribution in [0.3, 0.4) is 0 Å². The normalized spacial score (nSPS) is 32.9. The Morgan fingerprint density at radius 1 is 1.06 bits per heavy atom. The molecule has 0 N–H and O–H groups in total. The molecule has 4 nitrogen and oxygen atoms in total. The van der Waals surface area contributed by atoms with Crippen LogP contribution in [0.4, 0.5) is 0 Å². The van der Waals surface area contributed by atoms with Crippen molar-refractivity contribution in [2.75, 3.05) is 26.2 Å². The van der Waals surface area contributed by atoms with E-state index >= 15 is 0 Å². The zero-order valence-corrected chi connectivity index (χ0v) is 10.7. The summed E-state index contributed by atoms with van der Waals surface area (Å²) in [6.07, 6.45) is 8.33. The highest BCUT2D eigenvalue weighted by molar-refractivity contribution is 5.01. The monoisotopic (exact) mass is 244 g/mol. The van der Waals surface area contributed by atoms with Gasteiger partial charge in [0.05, 0.1) is 5.69 Å². The average Bonchev–Trinajstić information content (AvgIpc) is 3.05. The minimum Gasteiger partial charge on any atom is -0.300 e. The van der Waals surface area contributed by atoms with Crippen molar-refractivity contribution >= 4 is 0 Å². The van der Waals surface area contributed by atoms with Crippen LogP contribution < -0.4 is 0 Å². The molecule has 0 aromatic carbocycles. The van der Waals surface area contributed by atoms with Gasteiger partial charge in [0.25, 0.3) is 0 Å². The van der Waals surface area contributed by atoms with Gasteiger partial charge in [-0.1, -0.05) is 0 Å². The third-order valence-corrected chi connectivity index (χ3v) is 4.66. The predicted octanol–water partition coefficient (Wildman–Crippen LogP) is 1.00. The van der Waals surface area contributed by atoms with Gasteiger partial charge in [0, 0.05) is 57.4 Å². The van der Waals surface area contributed by atoms with Gasteiger partial charge >= 0.3 is 0 Å². The van der Waals surface area contributed by atoms with E-state index in [1.54, 1.807) is 12.4 Å². The SMILES string of the molecule is c1cnc(CN2CC3CN(C4CC4)CC3C2)cn1. The molecule has 2 saturated heterocycles. The highest BCUT2D eigenvalue weighted by Gasteiger charge is 2.44. The summed E-state index contributed by atoms with van der Waals surface area (Å²) in [5.74, 6) is 1.81. The number of nitrogens with zero attached hydrogens (tertiary/aromatic N) is 4. The van der Waals surface area contributed by atoms with Gasteiger partial charge in [-0.15, -0.1) is 0 Å². The largest absolute Gasteiger partial charge is 0.300 e. The zero-order valence-electron chi connectivity index (χ0n) is 10.7. The van der Waals surface area contributed by atoms with Crippen molar-refractivity contribution in [1.29, 1.82) is 0 Å². The first-order chi connectivity index (χ1) is 8.88. The third-order valence-electron chi connectivity index (χ3n) is 4.66. The van der Waals surface area contributed by atoms with Crippen LogP contribution in [0.5, 0.6) is 0 Å². The molecule has 2 atom stereocenters. The summed E-state index contributed by atoms with van der Waals surface area (Å²) in [7, 11) is 0. The van der Waals surface area contributed by atoms with Crippen LogP contribution in [0.25, 0.3) is 0 Å². The molecule has 3 aliphatic rings. The topological polar surface area (TPSA) is 32.3 Å². The second-order valence-corrected chi connectivity index (χ2v) is 6.10. The summed E-state index contributed by atoms with van der Waals surface area (Å²) >= 11 is 0. The fraction of sp³-hybridized carbons (Fsp3) is 0.714. The van der Waals surface area contributed by atoms with E-state index in [2.05, 4.69) is 19.8 Å². The number of likely N-dealkylation sites (tertiary alicyclic amines) is 2. The van der Waals surface area contributed by atoms with E-state index in [9.17, 15) is 0 Å². The van der Waals surface area contributed by atoms with Crippen molar-refractivity contribution in [3.05, 3.63) is 24.3 Å². The standard InChI is InChI=1S/C14H20N4/c1-2-14(1)18-8-11-6-17(7-12(11)9-18)10-13-5-15-3-4-16-13/h3-5,11-12,14H,1-2,6-10H2. The van der Waals surface area contributed by atoms with Crippen molar-refractivity contribution in [3.63, 3.8) is 0 Å². The molecule has 1 aromatic rings. The van der Waals surface area contributed by atoms with Gasteiger partial charge < -0.3 is 0 Å². The number of fused-ring (bicyclic) bond motifs is 1. The van der Waals surface area contributed by atoms with Crippen LogP contribution in [0.2, 0.25) is 0 Å². The van der Waals surface area contributed by atoms with Crippen molar-refractivity contribution in [2.24, 2.45) is 11.8 Å². The van der Waals surface area contributed by atoms with Crippen LogP contribution in [0.1, 0.15) is 18.5 Å². The summed E-state index contributed by atoms with van der Waals surface area (Å²) in [5.41, 5.74) is 1.11. The Labute approximate surface area is 108 Å². The molecular formula is C14H20N4. The van der Waals surface area contributed by atoms with Gasteiger partial charge in [-0.3, -0.25) is 19.8 Å². The summed E-state index contributed by atoms with van der Waals surface area (Å²) in [6.45, 7) is 6.16. The maximum Gasteiger partial charge on any atom is 0.0726 e. The number of rotatable bonds is 3. The van der Waals surface area contributed by atoms with Crippen molar-refractivity contribution in [3.8, 4) is 0 Å². The first-order valence-corrected chi connectivity index (χ1v) is 7.10. The minimum absolute atomic E-state index is 0.905.